The molecule has 0 saturated heterocycles. The lowest BCUT2D eigenvalue weighted by Crippen LogP contribution is -2.05. The molecule has 0 aliphatic rings. The van der Waals surface area contributed by atoms with Crippen molar-refractivity contribution in [3.63, 3.8) is 0 Å². The first-order valence-electron chi connectivity index (χ1n) is 5.30. The van der Waals surface area contributed by atoms with Crippen LogP contribution >= 0.6 is 11.6 Å². The molecular formula is C11H10ClN5O2. The van der Waals surface area contributed by atoms with Crippen LogP contribution in [0.2, 0.25) is 5.02 Å². The van der Waals surface area contributed by atoms with Crippen molar-refractivity contribution < 1.29 is 4.92 Å². The Morgan fingerprint density at radius 1 is 1.37 bits per heavy atom. The van der Waals surface area contributed by atoms with Crippen molar-refractivity contribution in [1.29, 1.82) is 0 Å². The number of hydrogen-bond donors (Lipinski definition) is 2. The van der Waals surface area contributed by atoms with Gasteiger partial charge in [-0.2, -0.15) is 0 Å². The Balaban J connectivity index is 2.15. The van der Waals surface area contributed by atoms with Crippen molar-refractivity contribution in [2.45, 2.75) is 6.54 Å². The second-order valence-electron chi connectivity index (χ2n) is 3.72. The van der Waals surface area contributed by atoms with Gasteiger partial charge in [0.15, 0.2) is 0 Å². The Labute approximate surface area is 113 Å². The molecule has 2 aromatic heterocycles. The zero-order valence-electron chi connectivity index (χ0n) is 9.71. The van der Waals surface area contributed by atoms with Crippen molar-refractivity contribution in [2.75, 3.05) is 11.1 Å². The van der Waals surface area contributed by atoms with Crippen LogP contribution in [0.25, 0.3) is 0 Å². The summed E-state index contributed by atoms with van der Waals surface area (Å²) in [4.78, 5) is 18.2. The van der Waals surface area contributed by atoms with Gasteiger partial charge in [-0.25, -0.2) is 9.97 Å². The minimum Gasteiger partial charge on any atom is -0.384 e. The van der Waals surface area contributed by atoms with Gasteiger partial charge in [0, 0.05) is 25.0 Å². The van der Waals surface area contributed by atoms with E-state index in [-0.39, 0.29) is 16.5 Å². The van der Waals surface area contributed by atoms with E-state index in [0.717, 1.165) is 5.56 Å². The molecule has 0 saturated carbocycles. The average Bonchev–Trinajstić information content (AvgIpc) is 2.39. The lowest BCUT2D eigenvalue weighted by molar-refractivity contribution is -0.384. The molecule has 0 aliphatic carbocycles. The highest BCUT2D eigenvalue weighted by Crippen LogP contribution is 2.25. The molecule has 0 bridgehead atoms. The van der Waals surface area contributed by atoms with Crippen LogP contribution < -0.4 is 11.1 Å². The Morgan fingerprint density at radius 2 is 2.16 bits per heavy atom. The third-order valence-corrected chi connectivity index (χ3v) is 2.55. The number of pyridine rings is 2. The van der Waals surface area contributed by atoms with Crippen molar-refractivity contribution >= 4 is 28.9 Å². The van der Waals surface area contributed by atoms with Gasteiger partial charge in [-0.15, -0.1) is 0 Å². The van der Waals surface area contributed by atoms with E-state index in [9.17, 15) is 10.1 Å². The van der Waals surface area contributed by atoms with Crippen LogP contribution in [0.3, 0.4) is 0 Å². The number of rotatable bonds is 4. The molecule has 0 amide bonds. The summed E-state index contributed by atoms with van der Waals surface area (Å²) in [6.45, 7) is 0.350. The van der Waals surface area contributed by atoms with E-state index < -0.39 is 4.92 Å². The van der Waals surface area contributed by atoms with Gasteiger partial charge in [-0.05, 0) is 11.6 Å². The molecule has 0 radical (unpaired) electrons. The Morgan fingerprint density at radius 3 is 2.79 bits per heavy atom. The largest absolute Gasteiger partial charge is 0.384 e. The van der Waals surface area contributed by atoms with Gasteiger partial charge < -0.3 is 11.1 Å². The summed E-state index contributed by atoms with van der Waals surface area (Å²) in [7, 11) is 0. The molecule has 8 heteroatoms. The van der Waals surface area contributed by atoms with Gasteiger partial charge in [0.1, 0.15) is 5.82 Å². The topological polar surface area (TPSA) is 107 Å². The first-order chi connectivity index (χ1) is 9.06. The molecule has 2 heterocycles. The summed E-state index contributed by atoms with van der Waals surface area (Å²) in [5.74, 6) is 0.575. The second kappa shape index (κ2) is 5.49. The lowest BCUT2D eigenvalue weighted by Gasteiger charge is -2.06. The highest BCUT2D eigenvalue weighted by Gasteiger charge is 2.15. The molecule has 0 spiro atoms. The van der Waals surface area contributed by atoms with Gasteiger partial charge in [0.05, 0.1) is 9.95 Å². The SMILES string of the molecule is Nc1ccc(CNc2ncc(Cl)cc2[N+](=O)[O-])cn1. The molecule has 2 rings (SSSR count). The number of nitrogens with two attached hydrogens (primary N) is 1. The fraction of sp³-hybridized carbons (Fsp3) is 0.0909. The number of nitrogens with zero attached hydrogens (tertiary/aromatic N) is 3. The average molecular weight is 280 g/mol. The van der Waals surface area contributed by atoms with Gasteiger partial charge in [-0.3, -0.25) is 10.1 Å². The van der Waals surface area contributed by atoms with Gasteiger partial charge in [0.2, 0.25) is 5.82 Å². The number of halogens is 1. The van der Waals surface area contributed by atoms with Crippen LogP contribution in [-0.4, -0.2) is 14.9 Å². The molecule has 0 aromatic carbocycles. The van der Waals surface area contributed by atoms with Crippen LogP contribution in [0.15, 0.2) is 30.6 Å². The first-order valence-corrected chi connectivity index (χ1v) is 5.68. The molecular weight excluding hydrogens is 270 g/mol. The summed E-state index contributed by atoms with van der Waals surface area (Å²) in [5, 5.41) is 13.9. The van der Waals surface area contributed by atoms with Crippen LogP contribution in [0.4, 0.5) is 17.3 Å². The molecule has 19 heavy (non-hydrogen) atoms. The summed E-state index contributed by atoms with van der Waals surface area (Å²) in [5.41, 5.74) is 6.13. The van der Waals surface area contributed by atoms with Crippen LogP contribution in [-0.2, 0) is 6.54 Å². The minimum atomic E-state index is -0.539. The standard InChI is InChI=1S/C11H10ClN5O2/c12-8-3-9(17(18)19)11(16-6-8)15-5-7-1-2-10(13)14-4-7/h1-4,6H,5H2,(H2,13,14)(H,15,16). The third kappa shape index (κ3) is 3.29. The predicted molar refractivity (Wildman–Crippen MR) is 71.9 cm³/mol. The summed E-state index contributed by atoms with van der Waals surface area (Å²) >= 11 is 5.68. The zero-order chi connectivity index (χ0) is 13.8. The summed E-state index contributed by atoms with van der Waals surface area (Å²) in [6.07, 6.45) is 2.93. The van der Waals surface area contributed by atoms with Gasteiger partial charge in [0.25, 0.3) is 0 Å². The van der Waals surface area contributed by atoms with Crippen LogP contribution in [0.5, 0.6) is 0 Å². The molecule has 3 N–H and O–H groups in total. The maximum Gasteiger partial charge on any atom is 0.312 e. The second-order valence-corrected chi connectivity index (χ2v) is 4.16. The molecule has 0 aliphatic heterocycles. The quantitative estimate of drug-likeness (QED) is 0.656. The highest BCUT2D eigenvalue weighted by molar-refractivity contribution is 6.30. The first kappa shape index (κ1) is 13.0. The number of anilines is 2. The number of nitro groups is 1. The maximum absolute atomic E-state index is 10.9. The van der Waals surface area contributed by atoms with E-state index in [1.54, 1.807) is 18.3 Å². The zero-order valence-corrected chi connectivity index (χ0v) is 10.5. The number of nitrogens with one attached hydrogen (secondary N) is 1. The molecule has 98 valence electrons. The fourth-order valence-corrected chi connectivity index (χ4v) is 1.58. The van der Waals surface area contributed by atoms with Crippen molar-refractivity contribution in [3.05, 3.63) is 51.3 Å². The van der Waals surface area contributed by atoms with E-state index in [2.05, 4.69) is 15.3 Å². The molecule has 0 fully saturated rings. The monoisotopic (exact) mass is 279 g/mol. The Hall–Kier alpha value is -2.41. The van der Waals surface area contributed by atoms with Crippen molar-refractivity contribution in [2.24, 2.45) is 0 Å². The van der Waals surface area contributed by atoms with Crippen LogP contribution in [0, 0.1) is 10.1 Å². The maximum atomic E-state index is 10.9. The van der Waals surface area contributed by atoms with Crippen molar-refractivity contribution in [1.82, 2.24) is 9.97 Å². The van der Waals surface area contributed by atoms with E-state index in [1.165, 1.54) is 12.3 Å². The lowest BCUT2D eigenvalue weighted by atomic mass is 10.3. The van der Waals surface area contributed by atoms with E-state index in [1.807, 2.05) is 0 Å². The number of nitrogen functional groups attached to an aromatic ring is 1. The molecule has 0 atom stereocenters. The summed E-state index contributed by atoms with van der Waals surface area (Å²) < 4.78 is 0. The molecule has 0 unspecified atom stereocenters. The number of aromatic nitrogens is 2. The third-order valence-electron chi connectivity index (χ3n) is 2.34. The minimum absolute atomic E-state index is 0.159. The van der Waals surface area contributed by atoms with Gasteiger partial charge >= 0.3 is 5.69 Å². The molecule has 7 nitrogen and oxygen atoms in total. The Kier molecular flexibility index (Phi) is 3.76. The predicted octanol–water partition coefficient (Wildman–Crippen LogP) is 2.23. The van der Waals surface area contributed by atoms with Crippen molar-refractivity contribution in [3.8, 4) is 0 Å². The van der Waals surface area contributed by atoms with E-state index in [4.69, 9.17) is 17.3 Å². The van der Waals surface area contributed by atoms with Gasteiger partial charge in [-0.1, -0.05) is 17.7 Å². The smallest absolute Gasteiger partial charge is 0.312 e. The normalized spacial score (nSPS) is 10.2. The fourth-order valence-electron chi connectivity index (χ4n) is 1.43. The summed E-state index contributed by atoms with van der Waals surface area (Å²) in [6, 6.07) is 4.68. The number of hydrogen-bond acceptors (Lipinski definition) is 6. The van der Waals surface area contributed by atoms with E-state index >= 15 is 0 Å². The highest BCUT2D eigenvalue weighted by atomic mass is 35.5. The van der Waals surface area contributed by atoms with E-state index in [0.29, 0.717) is 12.4 Å². The van der Waals surface area contributed by atoms with Crippen LogP contribution in [0.1, 0.15) is 5.56 Å². The Bertz CT molecular complexity index is 603. The molecule has 2 aromatic rings.